The van der Waals surface area contributed by atoms with E-state index in [2.05, 4.69) is 130 Å². The van der Waals surface area contributed by atoms with Gasteiger partial charge in [-0.3, -0.25) is 0 Å². The van der Waals surface area contributed by atoms with Crippen molar-refractivity contribution in [2.45, 2.75) is 0 Å². The molecule has 12 heteroatoms. The van der Waals surface area contributed by atoms with Crippen molar-refractivity contribution in [3.63, 3.8) is 0 Å². The molecule has 12 aromatic carbocycles. The van der Waals surface area contributed by atoms with Crippen LogP contribution in [0, 0.1) is 11.6 Å². The summed E-state index contributed by atoms with van der Waals surface area (Å²) in [5.74, 6) is 0.627. The molecule has 0 aliphatic rings. The van der Waals surface area contributed by atoms with Gasteiger partial charge in [-0.2, -0.15) is 0 Å². The van der Waals surface area contributed by atoms with Gasteiger partial charge in [0.25, 0.3) is 0 Å². The van der Waals surface area contributed by atoms with E-state index in [0.29, 0.717) is 84.2 Å². The number of ether oxygens (including phenoxy) is 1. The Morgan fingerprint density at radius 2 is 0.710 bits per heavy atom. The summed E-state index contributed by atoms with van der Waals surface area (Å²) < 4.78 is 53.0. The summed E-state index contributed by atoms with van der Waals surface area (Å²) >= 11 is 0. The molecule has 0 atom stereocenters. The molecule has 18 aromatic rings. The molecule has 6 aromatic heterocycles. The lowest BCUT2D eigenvalue weighted by atomic mass is 10.0. The number of furan rings is 2. The fourth-order valence-corrected chi connectivity index (χ4v) is 13.2. The summed E-state index contributed by atoms with van der Waals surface area (Å²) in [5, 5.41) is 17.5. The van der Waals surface area contributed by atoms with Crippen LogP contribution in [-0.2, 0) is 0 Å². The molecule has 0 unspecified atom stereocenters. The van der Waals surface area contributed by atoms with Gasteiger partial charge in [0.05, 0.1) is 39.9 Å². The number of hydrogen-bond acceptors (Lipinski definition) is 8. The van der Waals surface area contributed by atoms with E-state index >= 15 is 0 Å². The van der Waals surface area contributed by atoms with Gasteiger partial charge in [0.1, 0.15) is 34.1 Å². The van der Waals surface area contributed by atoms with Crippen LogP contribution >= 0.6 is 0 Å². The highest BCUT2D eigenvalue weighted by atomic mass is 19.1. The summed E-state index contributed by atoms with van der Waals surface area (Å²) in [5.41, 5.74) is 15.8. The molecule has 1 N–H and O–H groups in total. The number of hydrogen-bond donors (Lipinski definition) is 1. The van der Waals surface area contributed by atoms with Crippen LogP contribution in [0.1, 0.15) is 0 Å². The van der Waals surface area contributed by atoms with Crippen molar-refractivity contribution >= 4 is 87.7 Å². The van der Waals surface area contributed by atoms with Crippen LogP contribution in [0.5, 0.6) is 11.5 Å². The Labute approximate surface area is 529 Å². The monoisotopic (exact) mass is 1210 g/mol. The van der Waals surface area contributed by atoms with Crippen LogP contribution in [-0.4, -0.2) is 41.3 Å². The molecule has 0 radical (unpaired) electrons. The zero-order valence-electron chi connectivity index (χ0n) is 49.7. The Morgan fingerprint density at radius 1 is 0.333 bits per heavy atom. The Balaban J connectivity index is 0.000000142. The lowest BCUT2D eigenvalue weighted by Gasteiger charge is -2.11. The summed E-state index contributed by atoms with van der Waals surface area (Å²) in [6.45, 7) is 0. The van der Waals surface area contributed by atoms with E-state index < -0.39 is 5.82 Å². The van der Waals surface area contributed by atoms with Gasteiger partial charge in [0.2, 0.25) is 0 Å². The highest BCUT2D eigenvalue weighted by molar-refractivity contribution is 6.13. The molecule has 0 spiro atoms. The first-order chi connectivity index (χ1) is 45.8. The number of aromatic nitrogens is 6. The topological polar surface area (TPSA) is 117 Å². The minimum Gasteiger partial charge on any atom is -0.504 e. The molecule has 0 amide bonds. The van der Waals surface area contributed by atoms with Crippen molar-refractivity contribution in [3.05, 3.63) is 291 Å². The number of benzene rings is 12. The molecule has 0 fully saturated rings. The Bertz CT molecular complexity index is 5890. The number of halogens is 2. The number of fused-ring (bicyclic) bond motifs is 12. The molecular weight excluding hydrogens is 1160 g/mol. The summed E-state index contributed by atoms with van der Waals surface area (Å²) in [6.07, 6.45) is 0. The van der Waals surface area contributed by atoms with E-state index in [0.717, 1.165) is 61.1 Å². The zero-order valence-corrected chi connectivity index (χ0v) is 49.7. The first-order valence-electron chi connectivity index (χ1n) is 30.4. The average Bonchev–Trinajstić information content (AvgIpc) is 1.64. The van der Waals surface area contributed by atoms with E-state index in [1.165, 1.54) is 33.7 Å². The Kier molecular flexibility index (Phi) is 13.0. The largest absolute Gasteiger partial charge is 0.504 e. The maximum Gasteiger partial charge on any atom is 0.180 e. The van der Waals surface area contributed by atoms with Crippen molar-refractivity contribution in [3.8, 4) is 90.4 Å². The van der Waals surface area contributed by atoms with E-state index in [1.54, 1.807) is 49.6 Å². The molecule has 442 valence electrons. The molecule has 10 nitrogen and oxygen atoms in total. The highest BCUT2D eigenvalue weighted by Crippen LogP contribution is 2.46. The third-order valence-corrected chi connectivity index (χ3v) is 17.4. The van der Waals surface area contributed by atoms with Crippen LogP contribution in [0.3, 0.4) is 0 Å². The summed E-state index contributed by atoms with van der Waals surface area (Å²) in [4.78, 5) is 20.3. The van der Waals surface area contributed by atoms with Gasteiger partial charge in [0, 0.05) is 77.4 Å². The maximum atomic E-state index is 14.9. The number of para-hydroxylation sites is 4. The zero-order chi connectivity index (χ0) is 62.3. The van der Waals surface area contributed by atoms with Gasteiger partial charge in [-0.15, -0.1) is 0 Å². The number of aromatic hydroxyl groups is 1. The van der Waals surface area contributed by atoms with Gasteiger partial charge >= 0.3 is 0 Å². The molecule has 0 saturated heterocycles. The molecule has 0 aliphatic carbocycles. The maximum absolute atomic E-state index is 14.9. The minimum absolute atomic E-state index is 0.144. The van der Waals surface area contributed by atoms with Gasteiger partial charge in [-0.1, -0.05) is 194 Å². The van der Waals surface area contributed by atoms with E-state index in [4.69, 9.17) is 33.5 Å². The smallest absolute Gasteiger partial charge is 0.180 e. The lowest BCUT2D eigenvalue weighted by molar-refractivity contribution is 0.413. The minimum atomic E-state index is -0.427. The van der Waals surface area contributed by atoms with Crippen LogP contribution < -0.4 is 4.74 Å². The molecular formula is C81H50F2N6O4. The second kappa shape index (κ2) is 22.2. The summed E-state index contributed by atoms with van der Waals surface area (Å²) in [7, 11) is 1.57. The standard InChI is InChI=1S/C41H26FN3O2.C40H24FN3O2/c1-46-38-31(28-16-5-8-19-33(28)42)22-23-32-37-40(47-39(32)38)36(25-12-3-2-4-13-25)43-41(44-37)26-14-11-15-27(24-26)45-34-20-9-6-17-29(34)30-18-7-10-21-35(30)45;41-32-18-7-4-15-27(32)30-21-22-31-36-39(46-38(31)37(30)45)35(24-11-2-1-3-12-24)42-40(43-36)25-13-10-14-26(23-25)44-33-19-8-5-16-28(33)29-17-6-9-20-34(29)44/h2-24H,1H3;1-23,45H. The fraction of sp³-hybridized carbons (Fsp3) is 0.0123. The van der Waals surface area contributed by atoms with Crippen molar-refractivity contribution in [1.82, 2.24) is 29.1 Å². The van der Waals surface area contributed by atoms with Crippen LogP contribution in [0.4, 0.5) is 8.78 Å². The SMILES string of the molecule is COc1c(-c2ccccc2F)ccc2c1oc1c(-c3ccccc3)nc(-c3cccc(-n4c5ccccc5c5ccccc54)c3)nc12.Oc1c(-c2ccccc2F)ccc2c1oc1c(-c3ccccc3)nc(-c3cccc(-n4c5ccccc5c5ccccc54)c3)nc12. The first-order valence-corrected chi connectivity index (χ1v) is 30.4. The third kappa shape index (κ3) is 9.06. The predicted molar refractivity (Wildman–Crippen MR) is 368 cm³/mol. The number of rotatable bonds is 9. The van der Waals surface area contributed by atoms with Crippen molar-refractivity contribution < 1.29 is 27.5 Å². The van der Waals surface area contributed by atoms with E-state index in [1.807, 2.05) is 103 Å². The van der Waals surface area contributed by atoms with E-state index in [-0.39, 0.29) is 17.1 Å². The predicted octanol–water partition coefficient (Wildman–Crippen LogP) is 20.9. The molecule has 0 saturated carbocycles. The van der Waals surface area contributed by atoms with Crippen LogP contribution in [0.25, 0.3) is 167 Å². The van der Waals surface area contributed by atoms with Gasteiger partial charge in [-0.05, 0) is 84.9 Å². The quantitative estimate of drug-likeness (QED) is 0.152. The van der Waals surface area contributed by atoms with Gasteiger partial charge in [0.15, 0.2) is 45.5 Å². The lowest BCUT2D eigenvalue weighted by Crippen LogP contribution is -1.97. The molecule has 93 heavy (non-hydrogen) atoms. The second-order valence-electron chi connectivity index (χ2n) is 22.7. The number of phenols is 1. The van der Waals surface area contributed by atoms with Gasteiger partial charge < -0.3 is 27.8 Å². The van der Waals surface area contributed by atoms with Crippen molar-refractivity contribution in [2.75, 3.05) is 7.11 Å². The Morgan fingerprint density at radius 3 is 1.16 bits per heavy atom. The van der Waals surface area contributed by atoms with Crippen molar-refractivity contribution in [2.24, 2.45) is 0 Å². The number of nitrogens with zero attached hydrogens (tertiary/aromatic N) is 6. The van der Waals surface area contributed by atoms with Crippen LogP contribution in [0.15, 0.2) is 288 Å². The number of methoxy groups -OCH3 is 1. The molecule has 0 aliphatic heterocycles. The molecule has 6 heterocycles. The number of phenolic OH excluding ortho intramolecular Hbond substituents is 1. The van der Waals surface area contributed by atoms with E-state index in [9.17, 15) is 13.9 Å². The first kappa shape index (κ1) is 54.6. The van der Waals surface area contributed by atoms with Crippen LogP contribution in [0.2, 0.25) is 0 Å². The third-order valence-electron chi connectivity index (χ3n) is 17.4. The van der Waals surface area contributed by atoms with Gasteiger partial charge in [-0.25, -0.2) is 28.7 Å². The second-order valence-corrected chi connectivity index (χ2v) is 22.7. The highest BCUT2D eigenvalue weighted by Gasteiger charge is 2.26. The van der Waals surface area contributed by atoms with Crippen molar-refractivity contribution in [1.29, 1.82) is 0 Å². The summed E-state index contributed by atoms with van der Waals surface area (Å²) in [6, 6.07) is 90.3. The normalized spacial score (nSPS) is 11.6. The fourth-order valence-electron chi connectivity index (χ4n) is 13.2. The Hall–Kier alpha value is -12.5. The molecule has 18 rings (SSSR count). The molecule has 0 bridgehead atoms. The average molecular weight is 1210 g/mol.